The first kappa shape index (κ1) is 14.0. The van der Waals surface area contributed by atoms with Crippen LogP contribution in [0.2, 0.25) is 0 Å². The molecule has 5 heteroatoms. The first-order valence-electron chi connectivity index (χ1n) is 7.51. The molecule has 2 heterocycles. The van der Waals surface area contributed by atoms with E-state index in [2.05, 4.69) is 0 Å². The summed E-state index contributed by atoms with van der Waals surface area (Å²) in [4.78, 5) is 0. The summed E-state index contributed by atoms with van der Waals surface area (Å²) < 4.78 is 16.5. The number of aliphatic hydroxyl groups is 1. The second kappa shape index (κ2) is 5.52. The molecule has 0 bridgehead atoms. The Kier molecular flexibility index (Phi) is 3.35. The molecule has 0 radical (unpaired) electrons. The molecule has 0 amide bonds. The van der Waals surface area contributed by atoms with Gasteiger partial charge in [0, 0.05) is 17.6 Å². The number of benzene rings is 2. The molecule has 1 aliphatic rings. The topological polar surface area (TPSA) is 72.1 Å². The second-order valence-corrected chi connectivity index (χ2v) is 5.54. The summed E-state index contributed by atoms with van der Waals surface area (Å²) in [5.41, 5.74) is 2.30. The first-order chi connectivity index (χ1) is 11.2. The number of rotatable bonds is 4. The van der Waals surface area contributed by atoms with Gasteiger partial charge in [-0.3, -0.25) is 0 Å². The van der Waals surface area contributed by atoms with Crippen molar-refractivity contribution in [3.05, 3.63) is 42.0 Å². The van der Waals surface area contributed by atoms with Crippen molar-refractivity contribution in [3.63, 3.8) is 0 Å². The van der Waals surface area contributed by atoms with Crippen LogP contribution in [-0.2, 0) is 6.42 Å². The van der Waals surface area contributed by atoms with E-state index in [0.717, 1.165) is 22.3 Å². The van der Waals surface area contributed by atoms with Crippen LogP contribution in [0.15, 0.2) is 40.8 Å². The van der Waals surface area contributed by atoms with Gasteiger partial charge in [0.2, 0.25) is 6.79 Å². The summed E-state index contributed by atoms with van der Waals surface area (Å²) >= 11 is 0. The van der Waals surface area contributed by atoms with E-state index < -0.39 is 0 Å². The number of phenolic OH excluding ortho intramolecular Hbond substituents is 1. The minimum absolute atomic E-state index is 0.113. The Morgan fingerprint density at radius 1 is 1.00 bits per heavy atom. The van der Waals surface area contributed by atoms with Crippen LogP contribution < -0.4 is 9.47 Å². The van der Waals surface area contributed by atoms with Crippen LogP contribution in [0.3, 0.4) is 0 Å². The van der Waals surface area contributed by atoms with Crippen molar-refractivity contribution in [1.82, 2.24) is 0 Å². The van der Waals surface area contributed by atoms with E-state index in [4.69, 9.17) is 19.0 Å². The van der Waals surface area contributed by atoms with Crippen molar-refractivity contribution in [1.29, 1.82) is 0 Å². The molecule has 0 unspecified atom stereocenters. The van der Waals surface area contributed by atoms with E-state index in [9.17, 15) is 5.11 Å². The summed E-state index contributed by atoms with van der Waals surface area (Å²) in [6.45, 7) is 0.362. The van der Waals surface area contributed by atoms with Gasteiger partial charge in [-0.2, -0.15) is 0 Å². The van der Waals surface area contributed by atoms with Gasteiger partial charge in [-0.15, -0.1) is 0 Å². The quantitative estimate of drug-likeness (QED) is 0.772. The fraction of sp³-hybridized carbons (Fsp3) is 0.222. The molecule has 23 heavy (non-hydrogen) atoms. The van der Waals surface area contributed by atoms with Crippen molar-refractivity contribution < 1.29 is 24.1 Å². The van der Waals surface area contributed by atoms with Crippen LogP contribution in [0.1, 0.15) is 12.0 Å². The fourth-order valence-corrected chi connectivity index (χ4v) is 2.81. The van der Waals surface area contributed by atoms with Crippen LogP contribution in [0.25, 0.3) is 22.3 Å². The van der Waals surface area contributed by atoms with Crippen molar-refractivity contribution in [3.8, 4) is 28.6 Å². The van der Waals surface area contributed by atoms with Gasteiger partial charge in [-0.1, -0.05) is 0 Å². The molecular formula is C18H16O5. The Morgan fingerprint density at radius 2 is 1.87 bits per heavy atom. The van der Waals surface area contributed by atoms with Gasteiger partial charge in [0.25, 0.3) is 0 Å². The second-order valence-electron chi connectivity index (χ2n) is 5.54. The lowest BCUT2D eigenvalue weighted by atomic mass is 10.1. The highest BCUT2D eigenvalue weighted by atomic mass is 16.7. The highest BCUT2D eigenvalue weighted by molar-refractivity contribution is 5.88. The molecule has 2 aromatic carbocycles. The molecule has 0 aliphatic carbocycles. The number of aryl methyl sites for hydroxylation is 1. The monoisotopic (exact) mass is 312 g/mol. The van der Waals surface area contributed by atoms with Crippen LogP contribution in [0, 0.1) is 0 Å². The molecule has 0 fully saturated rings. The zero-order valence-corrected chi connectivity index (χ0v) is 12.4. The van der Waals surface area contributed by atoms with Crippen LogP contribution in [0.5, 0.6) is 17.2 Å². The maximum atomic E-state index is 10.2. The number of phenols is 1. The van der Waals surface area contributed by atoms with Gasteiger partial charge in [-0.25, -0.2) is 0 Å². The Balaban J connectivity index is 1.75. The third kappa shape index (κ3) is 2.49. The maximum Gasteiger partial charge on any atom is 0.231 e. The molecule has 0 spiro atoms. The first-order valence-corrected chi connectivity index (χ1v) is 7.51. The van der Waals surface area contributed by atoms with E-state index in [0.29, 0.717) is 29.9 Å². The standard InChI is InChI=1S/C18H16O5/c19-5-1-2-11-6-13-9-16(23-18(13)14(20)7-11)12-3-4-15-17(8-12)22-10-21-15/h3-4,6-9,19-20H,1-2,5,10H2. The van der Waals surface area contributed by atoms with Gasteiger partial charge < -0.3 is 24.1 Å². The molecule has 118 valence electrons. The largest absolute Gasteiger partial charge is 0.504 e. The van der Waals surface area contributed by atoms with Crippen LogP contribution >= 0.6 is 0 Å². The number of aliphatic hydroxyl groups excluding tert-OH is 1. The molecule has 0 atom stereocenters. The third-order valence-electron chi connectivity index (χ3n) is 3.94. The summed E-state index contributed by atoms with van der Waals surface area (Å²) in [6, 6.07) is 11.2. The number of aromatic hydroxyl groups is 1. The summed E-state index contributed by atoms with van der Waals surface area (Å²) in [5, 5.41) is 19.9. The van der Waals surface area contributed by atoms with Crippen molar-refractivity contribution >= 4 is 11.0 Å². The average Bonchev–Trinajstić information content (AvgIpc) is 3.18. The Labute approximate surface area is 132 Å². The van der Waals surface area contributed by atoms with Gasteiger partial charge in [0.15, 0.2) is 22.8 Å². The highest BCUT2D eigenvalue weighted by Gasteiger charge is 2.16. The summed E-state index contributed by atoms with van der Waals surface area (Å²) in [7, 11) is 0. The number of ether oxygens (including phenoxy) is 2. The fourth-order valence-electron chi connectivity index (χ4n) is 2.81. The number of hydrogen-bond acceptors (Lipinski definition) is 5. The molecule has 2 N–H and O–H groups in total. The highest BCUT2D eigenvalue weighted by Crippen LogP contribution is 2.39. The Hall–Kier alpha value is -2.66. The molecule has 3 aromatic rings. The van der Waals surface area contributed by atoms with E-state index in [1.165, 1.54) is 0 Å². The van der Waals surface area contributed by atoms with Crippen molar-refractivity contribution in [2.45, 2.75) is 12.8 Å². The molecule has 1 aliphatic heterocycles. The SMILES string of the molecule is OCCCc1cc(O)c2oc(-c3ccc4c(c3)OCO4)cc2c1. The summed E-state index contributed by atoms with van der Waals surface area (Å²) in [6.07, 6.45) is 1.38. The van der Waals surface area contributed by atoms with E-state index in [1.807, 2.05) is 30.3 Å². The summed E-state index contributed by atoms with van der Waals surface area (Å²) in [5.74, 6) is 2.19. The zero-order chi connectivity index (χ0) is 15.8. The minimum Gasteiger partial charge on any atom is -0.504 e. The number of hydrogen-bond donors (Lipinski definition) is 2. The van der Waals surface area contributed by atoms with E-state index >= 15 is 0 Å². The predicted octanol–water partition coefficient (Wildman–Crippen LogP) is 3.46. The smallest absolute Gasteiger partial charge is 0.231 e. The van der Waals surface area contributed by atoms with Crippen LogP contribution in [-0.4, -0.2) is 23.6 Å². The molecular weight excluding hydrogens is 296 g/mol. The molecule has 4 rings (SSSR count). The molecule has 0 saturated heterocycles. The Bertz CT molecular complexity index is 865. The van der Waals surface area contributed by atoms with Crippen molar-refractivity contribution in [2.75, 3.05) is 13.4 Å². The van der Waals surface area contributed by atoms with E-state index in [-0.39, 0.29) is 19.1 Å². The van der Waals surface area contributed by atoms with Crippen LogP contribution in [0.4, 0.5) is 0 Å². The molecule has 0 saturated carbocycles. The lowest BCUT2D eigenvalue weighted by molar-refractivity contribution is 0.174. The third-order valence-corrected chi connectivity index (χ3v) is 3.94. The minimum atomic E-state index is 0.113. The van der Waals surface area contributed by atoms with Gasteiger partial charge in [0.05, 0.1) is 0 Å². The van der Waals surface area contributed by atoms with Gasteiger partial charge >= 0.3 is 0 Å². The predicted molar refractivity (Wildman–Crippen MR) is 84.8 cm³/mol. The molecule has 1 aromatic heterocycles. The zero-order valence-electron chi connectivity index (χ0n) is 12.4. The number of furan rings is 1. The van der Waals surface area contributed by atoms with E-state index in [1.54, 1.807) is 6.07 Å². The number of fused-ring (bicyclic) bond motifs is 2. The van der Waals surface area contributed by atoms with Gasteiger partial charge in [-0.05, 0) is 54.8 Å². The lowest BCUT2D eigenvalue weighted by Gasteiger charge is -2.01. The lowest BCUT2D eigenvalue weighted by Crippen LogP contribution is -1.92. The van der Waals surface area contributed by atoms with Crippen molar-refractivity contribution in [2.24, 2.45) is 0 Å². The average molecular weight is 312 g/mol. The normalized spacial score (nSPS) is 12.9. The Morgan fingerprint density at radius 3 is 2.74 bits per heavy atom. The molecule has 5 nitrogen and oxygen atoms in total. The maximum absolute atomic E-state index is 10.2. The van der Waals surface area contributed by atoms with Gasteiger partial charge in [0.1, 0.15) is 5.76 Å².